The summed E-state index contributed by atoms with van der Waals surface area (Å²) in [5.74, 6) is -1.52. The van der Waals surface area contributed by atoms with E-state index in [0.717, 1.165) is 10.5 Å². The van der Waals surface area contributed by atoms with E-state index < -0.39 is 17.6 Å². The first-order valence-electron chi connectivity index (χ1n) is 6.39. The molecule has 0 unspecified atom stereocenters. The number of benzene rings is 2. The minimum atomic E-state index is -0.749. The average molecular weight is 446 g/mol. The zero-order valence-electron chi connectivity index (χ0n) is 11.6. The van der Waals surface area contributed by atoms with Crippen molar-refractivity contribution in [3.05, 3.63) is 62.8 Å². The normalized spacial score (nSPS) is 10.0. The van der Waals surface area contributed by atoms with Crippen LogP contribution in [0.1, 0.15) is 10.4 Å². The SMILES string of the molecule is O=C(COc1ccc(Br)cc1Br)NNC(=O)c1ccccc1F. The van der Waals surface area contributed by atoms with E-state index in [-0.39, 0.29) is 12.2 Å². The van der Waals surface area contributed by atoms with Crippen molar-refractivity contribution in [1.82, 2.24) is 10.9 Å². The molecule has 0 aliphatic rings. The third kappa shape index (κ3) is 5.04. The fourth-order valence-corrected chi connectivity index (χ4v) is 2.77. The lowest BCUT2D eigenvalue weighted by molar-refractivity contribution is -0.123. The fourth-order valence-electron chi connectivity index (χ4n) is 1.61. The van der Waals surface area contributed by atoms with Crippen LogP contribution in [0.15, 0.2) is 51.4 Å². The van der Waals surface area contributed by atoms with Crippen LogP contribution in [0, 0.1) is 5.82 Å². The van der Waals surface area contributed by atoms with Crippen LogP contribution >= 0.6 is 31.9 Å². The molecule has 0 saturated heterocycles. The largest absolute Gasteiger partial charge is 0.483 e. The smallest absolute Gasteiger partial charge is 0.276 e. The molecule has 0 aliphatic heterocycles. The fraction of sp³-hybridized carbons (Fsp3) is 0.0667. The Labute approximate surface area is 148 Å². The predicted molar refractivity (Wildman–Crippen MR) is 89.3 cm³/mol. The Morgan fingerprint density at radius 2 is 1.83 bits per heavy atom. The summed E-state index contributed by atoms with van der Waals surface area (Å²) >= 11 is 6.60. The van der Waals surface area contributed by atoms with Crippen LogP contribution < -0.4 is 15.6 Å². The maximum atomic E-state index is 13.4. The zero-order valence-corrected chi connectivity index (χ0v) is 14.8. The molecular weight excluding hydrogens is 435 g/mol. The van der Waals surface area contributed by atoms with Crippen molar-refractivity contribution >= 4 is 43.7 Å². The summed E-state index contributed by atoms with van der Waals surface area (Å²) in [5, 5.41) is 0. The van der Waals surface area contributed by atoms with Crippen LogP contribution in [0.4, 0.5) is 4.39 Å². The number of hydrazine groups is 1. The molecule has 2 N–H and O–H groups in total. The number of ether oxygens (including phenoxy) is 1. The quantitative estimate of drug-likeness (QED) is 0.710. The summed E-state index contributed by atoms with van der Waals surface area (Å²) < 4.78 is 20.2. The van der Waals surface area contributed by atoms with Gasteiger partial charge in [-0.05, 0) is 46.3 Å². The van der Waals surface area contributed by atoms with Gasteiger partial charge in [-0.2, -0.15) is 0 Å². The van der Waals surface area contributed by atoms with Gasteiger partial charge in [0.25, 0.3) is 11.8 Å². The van der Waals surface area contributed by atoms with Gasteiger partial charge in [0, 0.05) is 4.47 Å². The highest BCUT2D eigenvalue weighted by Crippen LogP contribution is 2.27. The molecule has 23 heavy (non-hydrogen) atoms. The van der Waals surface area contributed by atoms with E-state index in [1.807, 2.05) is 0 Å². The van der Waals surface area contributed by atoms with Gasteiger partial charge >= 0.3 is 0 Å². The second-order valence-corrected chi connectivity index (χ2v) is 6.12. The first-order valence-corrected chi connectivity index (χ1v) is 7.97. The molecule has 2 amide bonds. The number of amides is 2. The zero-order chi connectivity index (χ0) is 16.8. The summed E-state index contributed by atoms with van der Waals surface area (Å²) in [6.45, 7) is -0.308. The van der Waals surface area contributed by atoms with E-state index in [4.69, 9.17) is 4.74 Å². The second kappa shape index (κ2) is 8.07. The van der Waals surface area contributed by atoms with Crippen molar-refractivity contribution in [2.45, 2.75) is 0 Å². The number of hydrogen-bond acceptors (Lipinski definition) is 3. The lowest BCUT2D eigenvalue weighted by Gasteiger charge is -2.10. The molecule has 8 heteroatoms. The van der Waals surface area contributed by atoms with Crippen LogP contribution in [-0.2, 0) is 4.79 Å². The topological polar surface area (TPSA) is 67.4 Å². The number of rotatable bonds is 4. The van der Waals surface area contributed by atoms with Gasteiger partial charge in [-0.15, -0.1) is 0 Å². The van der Waals surface area contributed by atoms with E-state index >= 15 is 0 Å². The molecule has 0 radical (unpaired) electrons. The Kier molecular flexibility index (Phi) is 6.12. The molecule has 2 aromatic rings. The highest BCUT2D eigenvalue weighted by molar-refractivity contribution is 9.11. The van der Waals surface area contributed by atoms with E-state index in [1.165, 1.54) is 18.2 Å². The molecule has 0 bridgehead atoms. The number of hydrogen-bond donors (Lipinski definition) is 2. The van der Waals surface area contributed by atoms with Gasteiger partial charge in [0.15, 0.2) is 6.61 Å². The molecule has 120 valence electrons. The number of nitrogens with one attached hydrogen (secondary N) is 2. The van der Waals surface area contributed by atoms with Crippen molar-refractivity contribution in [2.24, 2.45) is 0 Å². The molecule has 2 aromatic carbocycles. The Hall–Kier alpha value is -1.93. The maximum Gasteiger partial charge on any atom is 0.276 e. The number of halogens is 3. The van der Waals surface area contributed by atoms with Crippen molar-refractivity contribution in [2.75, 3.05) is 6.61 Å². The minimum absolute atomic E-state index is 0.163. The summed E-state index contributed by atoms with van der Waals surface area (Å²) in [5.41, 5.74) is 4.11. The lowest BCUT2D eigenvalue weighted by atomic mass is 10.2. The third-order valence-corrected chi connectivity index (χ3v) is 3.80. The predicted octanol–water partition coefficient (Wildman–Crippen LogP) is 3.19. The monoisotopic (exact) mass is 444 g/mol. The first-order chi connectivity index (χ1) is 11.0. The van der Waals surface area contributed by atoms with E-state index in [9.17, 15) is 14.0 Å². The molecule has 2 rings (SSSR count). The van der Waals surface area contributed by atoms with Crippen molar-refractivity contribution in [3.63, 3.8) is 0 Å². The van der Waals surface area contributed by atoms with E-state index in [0.29, 0.717) is 10.2 Å². The Bertz CT molecular complexity index is 740. The first kappa shape index (κ1) is 17.4. The number of carbonyl (C=O) groups excluding carboxylic acids is 2. The molecule has 0 heterocycles. The molecule has 0 saturated carbocycles. The molecule has 0 aliphatic carbocycles. The van der Waals surface area contributed by atoms with Crippen LogP contribution in [0.25, 0.3) is 0 Å². The van der Waals surface area contributed by atoms with Crippen LogP contribution in [0.2, 0.25) is 0 Å². The lowest BCUT2D eigenvalue weighted by Crippen LogP contribution is -2.44. The maximum absolute atomic E-state index is 13.4. The summed E-state index contributed by atoms with van der Waals surface area (Å²) in [6, 6.07) is 10.7. The Morgan fingerprint density at radius 1 is 1.09 bits per heavy atom. The van der Waals surface area contributed by atoms with Gasteiger partial charge in [0.1, 0.15) is 11.6 Å². The van der Waals surface area contributed by atoms with E-state index in [1.54, 1.807) is 18.2 Å². The van der Waals surface area contributed by atoms with Crippen LogP contribution in [0.5, 0.6) is 5.75 Å². The average Bonchev–Trinajstić information content (AvgIpc) is 2.52. The summed E-state index contributed by atoms with van der Waals surface area (Å²) in [6.07, 6.45) is 0. The van der Waals surface area contributed by atoms with Gasteiger partial charge in [-0.1, -0.05) is 28.1 Å². The van der Waals surface area contributed by atoms with Crippen molar-refractivity contribution < 1.29 is 18.7 Å². The van der Waals surface area contributed by atoms with Gasteiger partial charge < -0.3 is 4.74 Å². The highest BCUT2D eigenvalue weighted by Gasteiger charge is 2.12. The Balaban J connectivity index is 1.83. The number of carbonyl (C=O) groups is 2. The highest BCUT2D eigenvalue weighted by atomic mass is 79.9. The van der Waals surface area contributed by atoms with Gasteiger partial charge in [-0.3, -0.25) is 20.4 Å². The van der Waals surface area contributed by atoms with Crippen molar-refractivity contribution in [3.8, 4) is 5.75 Å². The Morgan fingerprint density at radius 3 is 2.52 bits per heavy atom. The molecule has 0 aromatic heterocycles. The molecular formula is C15H11Br2FN2O3. The van der Waals surface area contributed by atoms with Crippen LogP contribution in [0.3, 0.4) is 0 Å². The van der Waals surface area contributed by atoms with Gasteiger partial charge in [0.2, 0.25) is 0 Å². The molecule has 0 atom stereocenters. The molecule has 0 spiro atoms. The summed E-state index contributed by atoms with van der Waals surface area (Å²) in [7, 11) is 0. The van der Waals surface area contributed by atoms with Crippen LogP contribution in [-0.4, -0.2) is 18.4 Å². The second-order valence-electron chi connectivity index (χ2n) is 4.35. The minimum Gasteiger partial charge on any atom is -0.483 e. The van der Waals surface area contributed by atoms with Crippen molar-refractivity contribution in [1.29, 1.82) is 0 Å². The standard InChI is InChI=1S/C15H11Br2FN2O3/c16-9-5-6-13(11(17)7-9)23-8-14(21)19-20-15(22)10-3-1-2-4-12(10)18/h1-7H,8H2,(H,19,21)(H,20,22). The molecule has 5 nitrogen and oxygen atoms in total. The summed E-state index contributed by atoms with van der Waals surface area (Å²) in [4.78, 5) is 23.4. The van der Waals surface area contributed by atoms with Gasteiger partial charge in [-0.25, -0.2) is 4.39 Å². The van der Waals surface area contributed by atoms with E-state index in [2.05, 4.69) is 42.7 Å². The van der Waals surface area contributed by atoms with Gasteiger partial charge in [0.05, 0.1) is 10.0 Å². The third-order valence-electron chi connectivity index (χ3n) is 2.69. The molecule has 0 fully saturated rings.